The highest BCUT2D eigenvalue weighted by Crippen LogP contribution is 2.25. The third-order valence-electron chi connectivity index (χ3n) is 3.73. The van der Waals surface area contributed by atoms with E-state index in [0.717, 1.165) is 19.3 Å². The average molecular weight is 281 g/mol. The van der Waals surface area contributed by atoms with Gasteiger partial charge in [0, 0.05) is 18.6 Å². The SMILES string of the molecule is CC(Oc1ccccc1F)C(=O)NC1CCCC1CO. The Bertz CT molecular complexity index is 466. The Kier molecular flexibility index (Phi) is 4.95. The van der Waals surface area contributed by atoms with Crippen molar-refractivity contribution in [3.63, 3.8) is 0 Å². The quantitative estimate of drug-likeness (QED) is 0.866. The van der Waals surface area contributed by atoms with Gasteiger partial charge in [-0.1, -0.05) is 18.6 Å². The third kappa shape index (κ3) is 3.48. The lowest BCUT2D eigenvalue weighted by molar-refractivity contribution is -0.128. The van der Waals surface area contributed by atoms with Crippen molar-refractivity contribution in [2.75, 3.05) is 6.61 Å². The lowest BCUT2D eigenvalue weighted by Crippen LogP contribution is -2.44. The normalized spacial score (nSPS) is 23.4. The summed E-state index contributed by atoms with van der Waals surface area (Å²) in [5.74, 6) is -0.584. The lowest BCUT2D eigenvalue weighted by Gasteiger charge is -2.22. The molecule has 2 rings (SSSR count). The number of carbonyl (C=O) groups excluding carboxylic acids is 1. The number of hydrogen-bond acceptors (Lipinski definition) is 3. The zero-order chi connectivity index (χ0) is 14.5. The molecule has 0 radical (unpaired) electrons. The Labute approximate surface area is 117 Å². The van der Waals surface area contributed by atoms with Crippen molar-refractivity contribution in [2.45, 2.75) is 38.3 Å². The molecule has 1 saturated carbocycles. The maximum Gasteiger partial charge on any atom is 0.261 e. The summed E-state index contributed by atoms with van der Waals surface area (Å²) in [6.07, 6.45) is 2.01. The van der Waals surface area contributed by atoms with Crippen molar-refractivity contribution in [2.24, 2.45) is 5.92 Å². The van der Waals surface area contributed by atoms with E-state index in [4.69, 9.17) is 4.74 Å². The number of amides is 1. The van der Waals surface area contributed by atoms with E-state index < -0.39 is 11.9 Å². The van der Waals surface area contributed by atoms with Gasteiger partial charge in [-0.3, -0.25) is 4.79 Å². The molecule has 0 bridgehead atoms. The second-order valence-electron chi connectivity index (χ2n) is 5.18. The van der Waals surface area contributed by atoms with E-state index in [2.05, 4.69) is 5.32 Å². The molecule has 20 heavy (non-hydrogen) atoms. The monoisotopic (exact) mass is 281 g/mol. The molecule has 4 nitrogen and oxygen atoms in total. The van der Waals surface area contributed by atoms with Gasteiger partial charge in [-0.2, -0.15) is 0 Å². The van der Waals surface area contributed by atoms with Crippen molar-refractivity contribution < 1.29 is 19.0 Å². The summed E-state index contributed by atoms with van der Waals surface area (Å²) in [4.78, 5) is 12.0. The van der Waals surface area contributed by atoms with Crippen LogP contribution in [0.5, 0.6) is 5.75 Å². The van der Waals surface area contributed by atoms with Gasteiger partial charge in [0.1, 0.15) is 0 Å². The molecule has 1 aliphatic rings. The highest BCUT2D eigenvalue weighted by atomic mass is 19.1. The lowest BCUT2D eigenvalue weighted by atomic mass is 10.0. The first-order chi connectivity index (χ1) is 9.61. The highest BCUT2D eigenvalue weighted by Gasteiger charge is 2.29. The summed E-state index contributed by atoms with van der Waals surface area (Å²) < 4.78 is 18.8. The number of halogens is 1. The summed E-state index contributed by atoms with van der Waals surface area (Å²) >= 11 is 0. The van der Waals surface area contributed by atoms with Crippen LogP contribution in [0.3, 0.4) is 0 Å². The summed E-state index contributed by atoms with van der Waals surface area (Å²) in [6.45, 7) is 1.66. The van der Waals surface area contributed by atoms with E-state index in [9.17, 15) is 14.3 Å². The van der Waals surface area contributed by atoms with Crippen LogP contribution in [0.2, 0.25) is 0 Å². The number of rotatable bonds is 5. The fraction of sp³-hybridized carbons (Fsp3) is 0.533. The maximum atomic E-state index is 13.4. The van der Waals surface area contributed by atoms with E-state index in [1.54, 1.807) is 19.1 Å². The van der Waals surface area contributed by atoms with Crippen molar-refractivity contribution in [1.29, 1.82) is 0 Å². The zero-order valence-electron chi connectivity index (χ0n) is 11.5. The molecule has 0 heterocycles. The number of nitrogens with one attached hydrogen (secondary N) is 1. The molecule has 0 aliphatic heterocycles. The number of aliphatic hydroxyl groups is 1. The van der Waals surface area contributed by atoms with E-state index in [1.165, 1.54) is 12.1 Å². The molecule has 0 spiro atoms. The van der Waals surface area contributed by atoms with E-state index in [1.807, 2.05) is 0 Å². The Morgan fingerprint density at radius 3 is 2.95 bits per heavy atom. The second-order valence-corrected chi connectivity index (χ2v) is 5.18. The fourth-order valence-corrected chi connectivity index (χ4v) is 2.53. The third-order valence-corrected chi connectivity index (χ3v) is 3.73. The summed E-state index contributed by atoms with van der Waals surface area (Å²) in [5.41, 5.74) is 0. The van der Waals surface area contributed by atoms with Gasteiger partial charge >= 0.3 is 0 Å². The zero-order valence-corrected chi connectivity index (χ0v) is 11.5. The largest absolute Gasteiger partial charge is 0.478 e. The number of carbonyl (C=O) groups is 1. The number of hydrogen-bond donors (Lipinski definition) is 2. The fourth-order valence-electron chi connectivity index (χ4n) is 2.53. The molecule has 1 aromatic rings. The van der Waals surface area contributed by atoms with Gasteiger partial charge in [0.2, 0.25) is 0 Å². The van der Waals surface area contributed by atoms with Gasteiger partial charge in [-0.25, -0.2) is 4.39 Å². The first-order valence-electron chi connectivity index (χ1n) is 6.94. The Morgan fingerprint density at radius 2 is 2.25 bits per heavy atom. The Balaban J connectivity index is 1.91. The summed E-state index contributed by atoms with van der Waals surface area (Å²) in [5, 5.41) is 12.1. The van der Waals surface area contributed by atoms with E-state index in [-0.39, 0.29) is 30.2 Å². The van der Waals surface area contributed by atoms with E-state index >= 15 is 0 Å². The van der Waals surface area contributed by atoms with E-state index in [0.29, 0.717) is 0 Å². The van der Waals surface area contributed by atoms with Crippen molar-refractivity contribution in [3.05, 3.63) is 30.1 Å². The van der Waals surface area contributed by atoms with Crippen molar-refractivity contribution in [1.82, 2.24) is 5.32 Å². The number of para-hydroxylation sites is 1. The molecule has 0 saturated heterocycles. The number of benzene rings is 1. The van der Waals surface area contributed by atoms with Crippen molar-refractivity contribution >= 4 is 5.91 Å². The van der Waals surface area contributed by atoms with Gasteiger partial charge in [-0.15, -0.1) is 0 Å². The molecule has 3 unspecified atom stereocenters. The Morgan fingerprint density at radius 1 is 1.50 bits per heavy atom. The predicted octanol–water partition coefficient (Wildman–Crippen LogP) is 1.87. The second kappa shape index (κ2) is 6.70. The van der Waals surface area contributed by atoms with Gasteiger partial charge in [0.15, 0.2) is 17.7 Å². The minimum atomic E-state index is -0.771. The number of ether oxygens (including phenoxy) is 1. The van der Waals surface area contributed by atoms with Gasteiger partial charge < -0.3 is 15.2 Å². The molecule has 5 heteroatoms. The highest BCUT2D eigenvalue weighted by molar-refractivity contribution is 5.81. The molecule has 110 valence electrons. The van der Waals surface area contributed by atoms with Crippen LogP contribution in [0.1, 0.15) is 26.2 Å². The smallest absolute Gasteiger partial charge is 0.261 e. The standard InChI is InChI=1S/C15H20FNO3/c1-10(20-14-8-3-2-6-12(14)16)15(19)17-13-7-4-5-11(13)9-18/h2-3,6,8,10-11,13,18H,4-5,7,9H2,1H3,(H,17,19). The van der Waals surface area contributed by atoms with Crippen LogP contribution in [0.4, 0.5) is 4.39 Å². The van der Waals surface area contributed by atoms with Gasteiger partial charge in [0.25, 0.3) is 5.91 Å². The van der Waals surface area contributed by atoms with Crippen LogP contribution in [0, 0.1) is 11.7 Å². The average Bonchev–Trinajstić information content (AvgIpc) is 2.88. The molecule has 2 N–H and O–H groups in total. The van der Waals surface area contributed by atoms with Crippen LogP contribution < -0.4 is 10.1 Å². The minimum absolute atomic E-state index is 0.0147. The topological polar surface area (TPSA) is 58.6 Å². The molecule has 1 fully saturated rings. The molecule has 0 aromatic heterocycles. The number of aliphatic hydroxyl groups excluding tert-OH is 1. The summed E-state index contributed by atoms with van der Waals surface area (Å²) in [7, 11) is 0. The van der Waals surface area contributed by atoms with Crippen LogP contribution in [0.25, 0.3) is 0 Å². The van der Waals surface area contributed by atoms with Crippen LogP contribution in [0.15, 0.2) is 24.3 Å². The molecule has 1 aliphatic carbocycles. The summed E-state index contributed by atoms with van der Waals surface area (Å²) in [6, 6.07) is 5.99. The molecule has 1 amide bonds. The van der Waals surface area contributed by atoms with Gasteiger partial charge in [0.05, 0.1) is 0 Å². The molecule has 1 aromatic carbocycles. The van der Waals surface area contributed by atoms with Gasteiger partial charge in [-0.05, 0) is 31.9 Å². The molecular formula is C15H20FNO3. The molecule has 3 atom stereocenters. The van der Waals surface area contributed by atoms with Crippen LogP contribution in [-0.2, 0) is 4.79 Å². The maximum absolute atomic E-state index is 13.4. The predicted molar refractivity (Wildman–Crippen MR) is 72.8 cm³/mol. The van der Waals surface area contributed by atoms with Crippen LogP contribution >= 0.6 is 0 Å². The molecular weight excluding hydrogens is 261 g/mol. The first kappa shape index (κ1) is 14.8. The van der Waals surface area contributed by atoms with Crippen LogP contribution in [-0.4, -0.2) is 29.8 Å². The first-order valence-corrected chi connectivity index (χ1v) is 6.94. The van der Waals surface area contributed by atoms with Crippen molar-refractivity contribution in [3.8, 4) is 5.75 Å². The Hall–Kier alpha value is -1.62. The minimum Gasteiger partial charge on any atom is -0.478 e.